The number of hydrogen-bond donors (Lipinski definition) is 1. The molecule has 3 aliphatic heterocycles. The van der Waals surface area contributed by atoms with E-state index in [1.165, 1.54) is 5.19 Å². The van der Waals surface area contributed by atoms with E-state index in [4.69, 9.17) is 9.47 Å². The number of nitrogens with zero attached hydrogens (tertiary/aromatic N) is 2. The number of aliphatic hydroxyl groups excluding tert-OH is 1. The molecule has 1 N–H and O–H groups in total. The van der Waals surface area contributed by atoms with Gasteiger partial charge in [-0.25, -0.2) is 0 Å². The average molecular weight is 523 g/mol. The van der Waals surface area contributed by atoms with E-state index in [9.17, 15) is 14.7 Å². The number of methoxy groups -OCH3 is 1. The van der Waals surface area contributed by atoms with Gasteiger partial charge in [-0.1, -0.05) is 55.5 Å². The summed E-state index contributed by atoms with van der Waals surface area (Å²) >= 11 is 0. The highest BCUT2D eigenvalue weighted by Crippen LogP contribution is 2.59. The van der Waals surface area contributed by atoms with Gasteiger partial charge < -0.3 is 24.4 Å². The van der Waals surface area contributed by atoms with E-state index < -0.39 is 19.8 Å². The van der Waals surface area contributed by atoms with Crippen LogP contribution in [-0.2, 0) is 19.9 Å². The molecule has 2 saturated heterocycles. The molecule has 5 rings (SSSR count). The number of para-hydroxylation sites is 1. The second kappa shape index (κ2) is 9.56. The van der Waals surface area contributed by atoms with Crippen molar-refractivity contribution >= 4 is 30.8 Å². The smallest absolute Gasteiger partial charge is 0.264 e. The topological polar surface area (TPSA) is 79.3 Å². The second-order valence-electron chi connectivity index (χ2n) is 11.3. The molecular formula is C29H38N2O5Si. The Kier molecular flexibility index (Phi) is 6.71. The Morgan fingerprint density at radius 2 is 1.89 bits per heavy atom. The van der Waals surface area contributed by atoms with Crippen LogP contribution in [0.25, 0.3) is 0 Å². The first-order valence-corrected chi connectivity index (χ1v) is 16.3. The summed E-state index contributed by atoms with van der Waals surface area (Å²) in [6.07, 6.45) is 1.52. The number of likely N-dealkylation sites (tertiary alicyclic amines) is 1. The van der Waals surface area contributed by atoms with E-state index >= 15 is 0 Å². The Morgan fingerprint density at radius 3 is 2.57 bits per heavy atom. The summed E-state index contributed by atoms with van der Waals surface area (Å²) in [6.45, 7) is 7.40. The number of benzene rings is 2. The second-order valence-corrected chi connectivity index (χ2v) is 16.0. The van der Waals surface area contributed by atoms with Gasteiger partial charge in [-0.3, -0.25) is 9.59 Å². The molecule has 7 nitrogen and oxygen atoms in total. The molecule has 0 aliphatic carbocycles. The summed E-state index contributed by atoms with van der Waals surface area (Å²) in [6, 6.07) is 16.0. The predicted molar refractivity (Wildman–Crippen MR) is 146 cm³/mol. The van der Waals surface area contributed by atoms with E-state index in [1.807, 2.05) is 48.3 Å². The number of rotatable bonds is 6. The molecule has 2 aromatic carbocycles. The lowest BCUT2D eigenvalue weighted by Gasteiger charge is -2.37. The number of carbonyl (C=O) groups excluding carboxylic acids is 2. The summed E-state index contributed by atoms with van der Waals surface area (Å²) in [7, 11) is 1.19. The molecule has 3 aliphatic rings. The molecular weight excluding hydrogens is 484 g/mol. The Bertz CT molecular complexity index is 1190. The van der Waals surface area contributed by atoms with Gasteiger partial charge in [0.05, 0.1) is 46.0 Å². The fourth-order valence-electron chi connectivity index (χ4n) is 7.22. The third kappa shape index (κ3) is 3.92. The van der Waals surface area contributed by atoms with Crippen LogP contribution in [0.1, 0.15) is 31.7 Å². The molecule has 37 heavy (non-hydrogen) atoms. The first kappa shape index (κ1) is 25.9. The minimum absolute atomic E-state index is 0.00224. The summed E-state index contributed by atoms with van der Waals surface area (Å²) in [4.78, 5) is 31.1. The highest BCUT2D eigenvalue weighted by Gasteiger charge is 2.66. The quantitative estimate of drug-likeness (QED) is 0.589. The number of amides is 2. The maximum absolute atomic E-state index is 13.9. The SMILES string of the molecule is COc1ccc([Si](C)(C)[C@H]2[C@H](CC(=O)N3CCC[C@H]3CO)O[C@@]3(C(=O)N(C)c4ccccc43)[C@@H]2C)cc1. The maximum atomic E-state index is 13.9. The van der Waals surface area contributed by atoms with Crippen molar-refractivity contribution in [2.45, 2.75) is 62.6 Å². The molecule has 1 spiro atoms. The van der Waals surface area contributed by atoms with Gasteiger partial charge in [-0.2, -0.15) is 0 Å². The predicted octanol–water partition coefficient (Wildman–Crippen LogP) is 3.26. The third-order valence-corrected chi connectivity index (χ3v) is 13.5. The van der Waals surface area contributed by atoms with Crippen LogP contribution in [0.2, 0.25) is 18.6 Å². The van der Waals surface area contributed by atoms with Gasteiger partial charge in [0, 0.05) is 25.1 Å². The zero-order valence-corrected chi connectivity index (χ0v) is 23.4. The van der Waals surface area contributed by atoms with Gasteiger partial charge in [0.25, 0.3) is 5.91 Å². The van der Waals surface area contributed by atoms with Crippen LogP contribution in [-0.4, -0.2) is 69.3 Å². The Balaban J connectivity index is 1.57. The number of hydrogen-bond acceptors (Lipinski definition) is 5. The van der Waals surface area contributed by atoms with E-state index in [0.717, 1.165) is 29.8 Å². The molecule has 0 bridgehead atoms. The van der Waals surface area contributed by atoms with Gasteiger partial charge in [-0.15, -0.1) is 0 Å². The largest absolute Gasteiger partial charge is 0.497 e. The lowest BCUT2D eigenvalue weighted by Crippen LogP contribution is -2.52. The zero-order valence-electron chi connectivity index (χ0n) is 22.4. The summed E-state index contributed by atoms with van der Waals surface area (Å²) in [5, 5.41) is 11.1. The van der Waals surface area contributed by atoms with Crippen molar-refractivity contribution in [1.29, 1.82) is 0 Å². The average Bonchev–Trinajstić information content (AvgIpc) is 3.56. The molecule has 0 radical (unpaired) electrons. The molecule has 2 fully saturated rings. The number of anilines is 1. The Hall–Kier alpha value is -2.68. The summed E-state index contributed by atoms with van der Waals surface area (Å²) in [5.74, 6) is 0.621. The number of carbonyl (C=O) groups is 2. The number of aliphatic hydroxyl groups is 1. The Labute approximate surface area is 220 Å². The lowest BCUT2D eigenvalue weighted by atomic mass is 9.82. The molecule has 0 unspecified atom stereocenters. The van der Waals surface area contributed by atoms with Crippen LogP contribution in [0, 0.1) is 5.92 Å². The zero-order chi connectivity index (χ0) is 26.5. The molecule has 198 valence electrons. The summed E-state index contributed by atoms with van der Waals surface area (Å²) in [5.41, 5.74) is 0.667. The minimum atomic E-state index is -2.28. The minimum Gasteiger partial charge on any atom is -0.497 e. The van der Waals surface area contributed by atoms with Crippen LogP contribution in [0.15, 0.2) is 48.5 Å². The molecule has 5 atom stereocenters. The fourth-order valence-corrected chi connectivity index (χ4v) is 11.2. The van der Waals surface area contributed by atoms with E-state index in [-0.39, 0.29) is 42.3 Å². The fraction of sp³-hybridized carbons (Fsp3) is 0.517. The first-order valence-electron chi connectivity index (χ1n) is 13.3. The lowest BCUT2D eigenvalue weighted by molar-refractivity contribution is -0.149. The monoisotopic (exact) mass is 522 g/mol. The number of fused-ring (bicyclic) bond motifs is 2. The van der Waals surface area contributed by atoms with Crippen molar-refractivity contribution in [2.24, 2.45) is 5.92 Å². The molecule has 0 saturated carbocycles. The van der Waals surface area contributed by atoms with Crippen molar-refractivity contribution in [1.82, 2.24) is 4.90 Å². The standard InChI is InChI=1S/C29H38N2O5Si/c1-19-27(37(4,5)22-14-12-21(35-3)13-15-22)25(17-26(33)31-16-8-9-20(31)18-32)36-29(19)23-10-6-7-11-24(23)30(2)28(29)34/h6-7,10-15,19-20,25,27,32H,8-9,16-18H2,1-5H3/t19-,20+,25+,27-,29+/m1/s1. The maximum Gasteiger partial charge on any atom is 0.264 e. The number of likely N-dealkylation sites (N-methyl/N-ethyl adjacent to an activating group) is 1. The van der Waals surface area contributed by atoms with Crippen molar-refractivity contribution in [3.05, 3.63) is 54.1 Å². The van der Waals surface area contributed by atoms with Crippen LogP contribution in [0.5, 0.6) is 5.75 Å². The van der Waals surface area contributed by atoms with Gasteiger partial charge in [0.1, 0.15) is 5.75 Å². The molecule has 8 heteroatoms. The van der Waals surface area contributed by atoms with E-state index in [0.29, 0.717) is 6.54 Å². The van der Waals surface area contributed by atoms with E-state index in [1.54, 1.807) is 12.0 Å². The molecule has 0 aromatic heterocycles. The van der Waals surface area contributed by atoms with Gasteiger partial charge in [0.15, 0.2) is 5.60 Å². The van der Waals surface area contributed by atoms with Gasteiger partial charge >= 0.3 is 0 Å². The van der Waals surface area contributed by atoms with Gasteiger partial charge in [-0.05, 0) is 36.6 Å². The molecule has 3 heterocycles. The highest BCUT2D eigenvalue weighted by molar-refractivity contribution is 6.91. The first-order chi connectivity index (χ1) is 17.7. The molecule has 2 amide bonds. The van der Waals surface area contributed by atoms with Crippen molar-refractivity contribution in [3.8, 4) is 5.75 Å². The molecule has 2 aromatic rings. The van der Waals surface area contributed by atoms with Crippen molar-refractivity contribution in [3.63, 3.8) is 0 Å². The number of ether oxygens (including phenoxy) is 2. The highest BCUT2D eigenvalue weighted by atomic mass is 28.3. The third-order valence-electron chi connectivity index (χ3n) is 9.16. The van der Waals surface area contributed by atoms with Crippen LogP contribution < -0.4 is 14.8 Å². The van der Waals surface area contributed by atoms with Gasteiger partial charge in [0.2, 0.25) is 5.91 Å². The Morgan fingerprint density at radius 1 is 1.19 bits per heavy atom. The van der Waals surface area contributed by atoms with Crippen molar-refractivity contribution < 1.29 is 24.2 Å². The van der Waals surface area contributed by atoms with Crippen LogP contribution in [0.4, 0.5) is 5.69 Å². The van der Waals surface area contributed by atoms with Crippen molar-refractivity contribution in [2.75, 3.05) is 32.2 Å². The van der Waals surface area contributed by atoms with Crippen LogP contribution in [0.3, 0.4) is 0 Å². The normalized spacial score (nSPS) is 29.3. The van der Waals surface area contributed by atoms with E-state index in [2.05, 4.69) is 32.2 Å². The summed E-state index contributed by atoms with van der Waals surface area (Å²) < 4.78 is 12.3. The van der Waals surface area contributed by atoms with Crippen LogP contribution >= 0.6 is 0 Å².